The summed E-state index contributed by atoms with van der Waals surface area (Å²) >= 11 is 0. The maximum absolute atomic E-state index is 13.3. The van der Waals surface area contributed by atoms with Crippen LogP contribution in [0.1, 0.15) is 50.2 Å². The van der Waals surface area contributed by atoms with E-state index < -0.39 is 0 Å². The number of ether oxygens (including phenoxy) is 2. The highest BCUT2D eigenvalue weighted by Gasteiger charge is 2.39. The highest BCUT2D eigenvalue weighted by atomic mass is 16.5. The van der Waals surface area contributed by atoms with Crippen LogP contribution in [0.3, 0.4) is 0 Å². The van der Waals surface area contributed by atoms with Crippen LogP contribution in [0, 0.1) is 11.3 Å². The van der Waals surface area contributed by atoms with Crippen LogP contribution >= 0.6 is 0 Å². The summed E-state index contributed by atoms with van der Waals surface area (Å²) in [7, 11) is 1.63. The van der Waals surface area contributed by atoms with Crippen molar-refractivity contribution in [1.82, 2.24) is 10.6 Å². The van der Waals surface area contributed by atoms with Crippen molar-refractivity contribution in [3.05, 3.63) is 53.7 Å². The van der Waals surface area contributed by atoms with E-state index >= 15 is 0 Å². The summed E-state index contributed by atoms with van der Waals surface area (Å²) in [5.74, 6) is 2.31. The zero-order chi connectivity index (χ0) is 25.1. The lowest BCUT2D eigenvalue weighted by Gasteiger charge is -2.37. The van der Waals surface area contributed by atoms with Gasteiger partial charge >= 0.3 is 0 Å². The summed E-state index contributed by atoms with van der Waals surface area (Å²) in [6.45, 7) is 4.12. The number of hydrogen-bond acceptors (Lipinski definition) is 6. The first-order valence-electron chi connectivity index (χ1n) is 13.1. The molecule has 0 spiro atoms. The number of methoxy groups -OCH3 is 1. The quantitative estimate of drug-likeness (QED) is 0.460. The minimum atomic E-state index is 0.142. The second kappa shape index (κ2) is 10.7. The summed E-state index contributed by atoms with van der Waals surface area (Å²) in [5, 5.41) is 15.1. The normalized spacial score (nSPS) is 20.4. The predicted octanol–water partition coefficient (Wildman–Crippen LogP) is 4.90. The molecule has 2 aromatic carbocycles. The Hall–Kier alpha value is -3.32. The van der Waals surface area contributed by atoms with Crippen LogP contribution < -0.4 is 25.0 Å². The fraction of sp³-hybridized carbons (Fsp3) is 0.448. The molecule has 36 heavy (non-hydrogen) atoms. The average Bonchev–Trinajstić information content (AvgIpc) is 3.76. The van der Waals surface area contributed by atoms with Gasteiger partial charge in [0.15, 0.2) is 11.5 Å². The van der Waals surface area contributed by atoms with Gasteiger partial charge in [-0.05, 0) is 82.8 Å². The molecule has 7 nitrogen and oxygen atoms in total. The van der Waals surface area contributed by atoms with E-state index in [1.54, 1.807) is 7.11 Å². The van der Waals surface area contributed by atoms with Crippen LogP contribution in [-0.4, -0.2) is 44.4 Å². The van der Waals surface area contributed by atoms with Crippen molar-refractivity contribution in [3.63, 3.8) is 0 Å². The van der Waals surface area contributed by atoms with Crippen LogP contribution in [0.2, 0.25) is 0 Å². The summed E-state index contributed by atoms with van der Waals surface area (Å²) in [6.07, 6.45) is 9.04. The maximum atomic E-state index is 13.3. The fourth-order valence-electron chi connectivity index (χ4n) is 5.22. The molecule has 0 radical (unpaired) electrons. The Kier molecular flexibility index (Phi) is 7.28. The number of nitrogens with one attached hydrogen (secondary N) is 3. The molecular formula is C29H36N4O3. The number of amides is 1. The van der Waals surface area contributed by atoms with E-state index in [1.807, 2.05) is 47.5 Å². The molecule has 1 unspecified atom stereocenters. The van der Waals surface area contributed by atoms with E-state index in [1.165, 1.54) is 6.21 Å². The number of carbonyl (C=O) groups excluding carboxylic acids is 1. The number of hydrogen-bond donors (Lipinski definition) is 3. The molecule has 5 rings (SSSR count). The number of para-hydroxylation sites is 2. The second-order valence-electron chi connectivity index (χ2n) is 10.00. The smallest absolute Gasteiger partial charge is 0.230 e. The van der Waals surface area contributed by atoms with E-state index in [-0.39, 0.29) is 17.9 Å². The number of fused-ring (bicyclic) bond motifs is 1. The molecule has 1 saturated heterocycles. The molecule has 1 amide bonds. The summed E-state index contributed by atoms with van der Waals surface area (Å²) in [4.78, 5) is 15.2. The van der Waals surface area contributed by atoms with Gasteiger partial charge in [0.05, 0.1) is 12.8 Å². The van der Waals surface area contributed by atoms with Crippen molar-refractivity contribution in [2.24, 2.45) is 5.92 Å². The maximum Gasteiger partial charge on any atom is 0.230 e. The van der Waals surface area contributed by atoms with Gasteiger partial charge in [0.1, 0.15) is 5.75 Å². The van der Waals surface area contributed by atoms with Gasteiger partial charge in [-0.25, -0.2) is 0 Å². The lowest BCUT2D eigenvalue weighted by molar-refractivity contribution is -0.120. The molecule has 2 aliphatic heterocycles. The van der Waals surface area contributed by atoms with Gasteiger partial charge < -0.3 is 30.4 Å². The van der Waals surface area contributed by atoms with Crippen LogP contribution in [0.5, 0.6) is 17.2 Å². The number of nitrogens with zero attached hydrogens (tertiary/aromatic N) is 1. The van der Waals surface area contributed by atoms with Crippen LogP contribution in [0.4, 0.5) is 5.69 Å². The molecular weight excluding hydrogens is 452 g/mol. The highest BCUT2D eigenvalue weighted by Crippen LogP contribution is 2.46. The van der Waals surface area contributed by atoms with E-state index in [9.17, 15) is 4.79 Å². The molecule has 190 valence electrons. The predicted molar refractivity (Wildman–Crippen MR) is 143 cm³/mol. The molecule has 3 aliphatic rings. The summed E-state index contributed by atoms with van der Waals surface area (Å²) in [6, 6.07) is 12.2. The Bertz CT molecular complexity index is 1150. The second-order valence-corrected chi connectivity index (χ2v) is 10.00. The van der Waals surface area contributed by atoms with Crippen LogP contribution in [0.25, 0.3) is 5.57 Å². The number of rotatable bonds is 8. The molecule has 1 saturated carbocycles. The zero-order valence-corrected chi connectivity index (χ0v) is 21.2. The monoisotopic (exact) mass is 488 g/mol. The number of anilines is 1. The van der Waals surface area contributed by atoms with Crippen molar-refractivity contribution in [3.8, 4) is 17.2 Å². The first kappa shape index (κ1) is 24.4. The first-order valence-corrected chi connectivity index (χ1v) is 13.1. The zero-order valence-electron chi connectivity index (χ0n) is 21.2. The van der Waals surface area contributed by atoms with Gasteiger partial charge in [-0.3, -0.25) is 4.79 Å². The standard InChI is InChI=1S/C29H36N4O3/c1-19-7-10-24-25(33(19)29(34)20-8-9-20)12-11-23(21(17-30)18-32-22-13-15-31-16-14-22)28(24)36-27-6-4-3-5-26(27)35-2/h3-6,11-12,17-20,22,30-32H,7-10,13-16H2,1-2H3/b21-18+,30-17?. The third-order valence-electron chi connectivity index (χ3n) is 7.47. The van der Waals surface area contributed by atoms with Gasteiger partial charge in [0.25, 0.3) is 0 Å². The molecule has 2 aromatic rings. The van der Waals surface area contributed by atoms with Gasteiger partial charge in [0.2, 0.25) is 5.91 Å². The fourth-order valence-corrected chi connectivity index (χ4v) is 5.22. The third kappa shape index (κ3) is 4.98. The number of piperidine rings is 1. The van der Waals surface area contributed by atoms with Gasteiger partial charge in [-0.2, -0.15) is 0 Å². The Morgan fingerprint density at radius 2 is 1.83 bits per heavy atom. The van der Waals surface area contributed by atoms with Crippen molar-refractivity contribution in [2.75, 3.05) is 25.1 Å². The Labute approximate surface area is 213 Å². The summed E-state index contributed by atoms with van der Waals surface area (Å²) < 4.78 is 12.2. The van der Waals surface area contributed by atoms with Crippen LogP contribution in [0.15, 0.2) is 42.6 Å². The van der Waals surface area contributed by atoms with Gasteiger partial charge in [-0.1, -0.05) is 12.1 Å². The number of allylic oxidation sites excluding steroid dienone is 1. The number of benzene rings is 2. The summed E-state index contributed by atoms with van der Waals surface area (Å²) in [5.41, 5.74) is 3.53. The van der Waals surface area contributed by atoms with Gasteiger partial charge in [-0.15, -0.1) is 0 Å². The molecule has 2 heterocycles. The van der Waals surface area contributed by atoms with Crippen molar-refractivity contribution < 1.29 is 14.3 Å². The Balaban J connectivity index is 1.58. The average molecular weight is 489 g/mol. The van der Waals surface area contributed by atoms with E-state index in [0.29, 0.717) is 23.3 Å². The van der Waals surface area contributed by atoms with Crippen molar-refractivity contribution in [1.29, 1.82) is 5.41 Å². The van der Waals surface area contributed by atoms with E-state index in [0.717, 1.165) is 74.0 Å². The molecule has 1 aliphatic carbocycles. The lowest BCUT2D eigenvalue weighted by Crippen LogP contribution is -2.43. The van der Waals surface area contributed by atoms with E-state index in [4.69, 9.17) is 14.9 Å². The molecule has 2 fully saturated rings. The SMILES string of the molecule is COc1ccccc1Oc1c(/C(C=N)=C/NC2CCNCC2)ccc2c1CCC(C)N2C(=O)C1CC1. The first-order chi connectivity index (χ1) is 17.6. The van der Waals surface area contributed by atoms with Crippen molar-refractivity contribution in [2.45, 2.75) is 57.5 Å². The largest absolute Gasteiger partial charge is 0.493 e. The number of carbonyl (C=O) groups is 1. The van der Waals surface area contributed by atoms with Crippen LogP contribution in [-0.2, 0) is 11.2 Å². The molecule has 3 N–H and O–H groups in total. The van der Waals surface area contributed by atoms with Crippen molar-refractivity contribution >= 4 is 23.4 Å². The molecule has 0 bridgehead atoms. The lowest BCUT2D eigenvalue weighted by atomic mass is 9.91. The molecule has 7 heteroatoms. The van der Waals surface area contributed by atoms with E-state index in [2.05, 4.69) is 17.6 Å². The third-order valence-corrected chi connectivity index (χ3v) is 7.47. The topological polar surface area (TPSA) is 86.7 Å². The Morgan fingerprint density at radius 1 is 1.08 bits per heavy atom. The highest BCUT2D eigenvalue weighted by molar-refractivity contribution is 6.10. The molecule has 1 atom stereocenters. The van der Waals surface area contributed by atoms with Gasteiger partial charge in [0, 0.05) is 47.1 Å². The molecule has 0 aromatic heterocycles. The minimum absolute atomic E-state index is 0.142. The Morgan fingerprint density at radius 3 is 2.53 bits per heavy atom. The minimum Gasteiger partial charge on any atom is -0.493 e.